The second-order valence-electron chi connectivity index (χ2n) is 4.17. The fraction of sp³-hybridized carbons (Fsp3) is 0.429. The SMILES string of the molecule is C#CC(C)c1ccc(N2CCCC2)cc1. The lowest BCUT2D eigenvalue weighted by atomic mass is 10.0. The summed E-state index contributed by atoms with van der Waals surface area (Å²) in [6.07, 6.45) is 8.05. The molecule has 1 aromatic carbocycles. The van der Waals surface area contributed by atoms with E-state index in [1.807, 2.05) is 0 Å². The molecule has 1 fully saturated rings. The van der Waals surface area contributed by atoms with Gasteiger partial charge in [-0.1, -0.05) is 18.1 Å². The molecule has 1 nitrogen and oxygen atoms in total. The van der Waals surface area contributed by atoms with Crippen molar-refractivity contribution in [1.82, 2.24) is 0 Å². The van der Waals surface area contributed by atoms with E-state index in [1.165, 1.54) is 37.2 Å². The second-order valence-corrected chi connectivity index (χ2v) is 4.17. The number of hydrogen-bond donors (Lipinski definition) is 0. The highest BCUT2D eigenvalue weighted by Gasteiger charge is 2.12. The molecule has 1 aliphatic heterocycles. The third-order valence-electron chi connectivity index (χ3n) is 3.11. The summed E-state index contributed by atoms with van der Waals surface area (Å²) < 4.78 is 0. The van der Waals surface area contributed by atoms with E-state index >= 15 is 0 Å². The molecular weight excluding hydrogens is 182 g/mol. The summed E-state index contributed by atoms with van der Waals surface area (Å²) in [5.41, 5.74) is 2.57. The van der Waals surface area contributed by atoms with E-state index in [2.05, 4.69) is 42.0 Å². The Morgan fingerprint density at radius 3 is 2.33 bits per heavy atom. The molecule has 15 heavy (non-hydrogen) atoms. The minimum Gasteiger partial charge on any atom is -0.372 e. The quantitative estimate of drug-likeness (QED) is 0.662. The Bertz CT molecular complexity index is 352. The topological polar surface area (TPSA) is 3.24 Å². The predicted octanol–water partition coefficient (Wildman–Crippen LogP) is 3.02. The maximum atomic E-state index is 5.40. The third kappa shape index (κ3) is 2.15. The molecule has 1 aromatic rings. The van der Waals surface area contributed by atoms with Gasteiger partial charge in [-0.3, -0.25) is 0 Å². The Morgan fingerprint density at radius 2 is 1.80 bits per heavy atom. The van der Waals surface area contributed by atoms with Crippen molar-refractivity contribution >= 4 is 5.69 Å². The smallest absolute Gasteiger partial charge is 0.0421 e. The van der Waals surface area contributed by atoms with Gasteiger partial charge in [-0.2, -0.15) is 0 Å². The summed E-state index contributed by atoms with van der Waals surface area (Å²) in [4.78, 5) is 2.43. The van der Waals surface area contributed by atoms with E-state index < -0.39 is 0 Å². The fourth-order valence-corrected chi connectivity index (χ4v) is 2.05. The number of nitrogens with zero attached hydrogens (tertiary/aromatic N) is 1. The number of rotatable bonds is 2. The molecule has 1 heteroatoms. The molecule has 0 bridgehead atoms. The lowest BCUT2D eigenvalue weighted by Crippen LogP contribution is -2.17. The maximum Gasteiger partial charge on any atom is 0.0421 e. The number of hydrogen-bond acceptors (Lipinski definition) is 1. The Morgan fingerprint density at radius 1 is 1.20 bits per heavy atom. The molecule has 0 aromatic heterocycles. The van der Waals surface area contributed by atoms with Gasteiger partial charge in [-0.15, -0.1) is 6.42 Å². The zero-order valence-corrected chi connectivity index (χ0v) is 9.24. The molecule has 1 atom stereocenters. The van der Waals surface area contributed by atoms with E-state index in [9.17, 15) is 0 Å². The van der Waals surface area contributed by atoms with E-state index in [1.54, 1.807) is 0 Å². The number of anilines is 1. The van der Waals surface area contributed by atoms with Gasteiger partial charge < -0.3 is 4.90 Å². The first kappa shape index (κ1) is 10.1. The van der Waals surface area contributed by atoms with Gasteiger partial charge in [-0.05, 0) is 37.5 Å². The van der Waals surface area contributed by atoms with Crippen LogP contribution < -0.4 is 4.90 Å². The van der Waals surface area contributed by atoms with Crippen LogP contribution in [0.15, 0.2) is 24.3 Å². The Hall–Kier alpha value is -1.42. The second kappa shape index (κ2) is 4.40. The van der Waals surface area contributed by atoms with Crippen LogP contribution in [-0.2, 0) is 0 Å². The van der Waals surface area contributed by atoms with Crippen LogP contribution in [0.4, 0.5) is 5.69 Å². The van der Waals surface area contributed by atoms with Crippen LogP contribution in [0.3, 0.4) is 0 Å². The number of benzene rings is 1. The normalized spacial score (nSPS) is 17.5. The van der Waals surface area contributed by atoms with Gasteiger partial charge in [-0.25, -0.2) is 0 Å². The van der Waals surface area contributed by atoms with Crippen molar-refractivity contribution in [2.45, 2.75) is 25.7 Å². The van der Waals surface area contributed by atoms with Crippen molar-refractivity contribution in [2.24, 2.45) is 0 Å². The van der Waals surface area contributed by atoms with Crippen molar-refractivity contribution in [3.05, 3.63) is 29.8 Å². The summed E-state index contributed by atoms with van der Waals surface area (Å²) in [7, 11) is 0. The Kier molecular flexibility index (Phi) is 2.97. The first-order valence-corrected chi connectivity index (χ1v) is 5.62. The molecule has 78 valence electrons. The zero-order valence-electron chi connectivity index (χ0n) is 9.24. The van der Waals surface area contributed by atoms with Gasteiger partial charge in [0.05, 0.1) is 0 Å². The average Bonchev–Trinajstić information content (AvgIpc) is 2.82. The highest BCUT2D eigenvalue weighted by atomic mass is 15.1. The van der Waals surface area contributed by atoms with Crippen LogP contribution in [0, 0.1) is 12.3 Å². The summed E-state index contributed by atoms with van der Waals surface area (Å²) >= 11 is 0. The predicted molar refractivity (Wildman–Crippen MR) is 65.1 cm³/mol. The Balaban J connectivity index is 2.13. The molecule has 1 heterocycles. The molecule has 1 unspecified atom stereocenters. The van der Waals surface area contributed by atoms with Crippen molar-refractivity contribution in [1.29, 1.82) is 0 Å². The maximum absolute atomic E-state index is 5.40. The van der Waals surface area contributed by atoms with E-state index in [4.69, 9.17) is 6.42 Å². The standard InChI is InChI=1S/C14H17N/c1-3-12(2)13-6-8-14(9-7-13)15-10-4-5-11-15/h1,6-9,12H,4-5,10-11H2,2H3. The van der Waals surface area contributed by atoms with Crippen LogP contribution >= 0.6 is 0 Å². The van der Waals surface area contributed by atoms with E-state index in [0.29, 0.717) is 0 Å². The van der Waals surface area contributed by atoms with Crippen LogP contribution in [0.5, 0.6) is 0 Å². The molecule has 0 saturated carbocycles. The van der Waals surface area contributed by atoms with Crippen LogP contribution in [0.2, 0.25) is 0 Å². The van der Waals surface area contributed by atoms with Crippen molar-refractivity contribution < 1.29 is 0 Å². The molecule has 0 aliphatic carbocycles. The zero-order chi connectivity index (χ0) is 10.7. The average molecular weight is 199 g/mol. The van der Waals surface area contributed by atoms with E-state index in [-0.39, 0.29) is 5.92 Å². The van der Waals surface area contributed by atoms with Gasteiger partial charge in [0.25, 0.3) is 0 Å². The van der Waals surface area contributed by atoms with Crippen LogP contribution in [-0.4, -0.2) is 13.1 Å². The van der Waals surface area contributed by atoms with Gasteiger partial charge in [0.1, 0.15) is 0 Å². The molecule has 1 aliphatic rings. The highest BCUT2D eigenvalue weighted by Crippen LogP contribution is 2.22. The van der Waals surface area contributed by atoms with Crippen molar-refractivity contribution in [3.8, 4) is 12.3 Å². The van der Waals surface area contributed by atoms with Crippen molar-refractivity contribution in [3.63, 3.8) is 0 Å². The first-order valence-electron chi connectivity index (χ1n) is 5.62. The van der Waals surface area contributed by atoms with Crippen LogP contribution in [0.25, 0.3) is 0 Å². The summed E-state index contributed by atoms with van der Waals surface area (Å²) in [5, 5.41) is 0. The molecule has 2 rings (SSSR count). The molecule has 0 N–H and O–H groups in total. The van der Waals surface area contributed by atoms with Gasteiger partial charge in [0.2, 0.25) is 0 Å². The van der Waals surface area contributed by atoms with Gasteiger partial charge >= 0.3 is 0 Å². The first-order chi connectivity index (χ1) is 7.31. The monoisotopic (exact) mass is 199 g/mol. The van der Waals surface area contributed by atoms with Crippen molar-refractivity contribution in [2.75, 3.05) is 18.0 Å². The fourth-order valence-electron chi connectivity index (χ4n) is 2.05. The summed E-state index contributed by atoms with van der Waals surface area (Å²) in [6.45, 7) is 4.46. The molecule has 1 saturated heterocycles. The molecule has 0 spiro atoms. The molecular formula is C14H17N. The minimum atomic E-state index is 0.220. The van der Waals surface area contributed by atoms with Gasteiger partial charge in [0, 0.05) is 24.7 Å². The Labute approximate surface area is 92.1 Å². The highest BCUT2D eigenvalue weighted by molar-refractivity contribution is 5.49. The van der Waals surface area contributed by atoms with E-state index in [0.717, 1.165) is 0 Å². The lowest BCUT2D eigenvalue weighted by molar-refractivity contribution is 0.949. The molecule has 0 radical (unpaired) electrons. The number of terminal acetylenes is 1. The van der Waals surface area contributed by atoms with Crippen LogP contribution in [0.1, 0.15) is 31.2 Å². The largest absolute Gasteiger partial charge is 0.372 e. The summed E-state index contributed by atoms with van der Waals surface area (Å²) in [5.74, 6) is 2.98. The van der Waals surface area contributed by atoms with Gasteiger partial charge in [0.15, 0.2) is 0 Å². The molecule has 0 amide bonds. The summed E-state index contributed by atoms with van der Waals surface area (Å²) in [6, 6.07) is 8.68. The third-order valence-corrected chi connectivity index (χ3v) is 3.11. The lowest BCUT2D eigenvalue weighted by Gasteiger charge is -2.18. The minimum absolute atomic E-state index is 0.220.